The van der Waals surface area contributed by atoms with Gasteiger partial charge in [-0.3, -0.25) is 0 Å². The molecule has 21 heavy (non-hydrogen) atoms. The van der Waals surface area contributed by atoms with Gasteiger partial charge in [-0.15, -0.1) is 0 Å². The smallest absolute Gasteiger partial charge is 0.242 e. The van der Waals surface area contributed by atoms with E-state index in [0.717, 1.165) is 25.5 Å². The van der Waals surface area contributed by atoms with Crippen LogP contribution in [0.1, 0.15) is 19.3 Å². The van der Waals surface area contributed by atoms with Gasteiger partial charge in [0, 0.05) is 19.8 Å². The number of sulfonamides is 1. The Hall–Kier alpha value is -1.12. The summed E-state index contributed by atoms with van der Waals surface area (Å²) < 4.78 is 50.5. The molecule has 1 aliphatic carbocycles. The van der Waals surface area contributed by atoms with Crippen LogP contribution in [0.4, 0.5) is 5.69 Å². The van der Waals surface area contributed by atoms with Gasteiger partial charge < -0.3 is 5.32 Å². The van der Waals surface area contributed by atoms with Crippen molar-refractivity contribution in [3.63, 3.8) is 0 Å². The number of hydrogen-bond donors (Lipinski definition) is 2. The van der Waals surface area contributed by atoms with E-state index >= 15 is 0 Å². The summed E-state index contributed by atoms with van der Waals surface area (Å²) in [5.74, 6) is 0.385. The molecule has 2 rings (SSSR count). The first kappa shape index (κ1) is 16.3. The van der Waals surface area contributed by atoms with E-state index in [-0.39, 0.29) is 9.79 Å². The summed E-state index contributed by atoms with van der Waals surface area (Å²) in [6, 6.07) is 4.06. The van der Waals surface area contributed by atoms with Crippen LogP contribution < -0.4 is 10.0 Å². The second-order valence-corrected chi connectivity index (χ2v) is 9.08. The van der Waals surface area contributed by atoms with E-state index in [1.807, 2.05) is 0 Å². The lowest BCUT2D eigenvalue weighted by Gasteiger charge is -2.25. The van der Waals surface area contributed by atoms with E-state index in [9.17, 15) is 16.8 Å². The van der Waals surface area contributed by atoms with Crippen LogP contribution in [0, 0.1) is 5.92 Å². The van der Waals surface area contributed by atoms with Crippen LogP contribution in [0.15, 0.2) is 28.0 Å². The second kappa shape index (κ2) is 5.94. The van der Waals surface area contributed by atoms with Gasteiger partial charge in [-0.25, -0.2) is 21.6 Å². The molecule has 0 atom stereocenters. The molecule has 1 saturated carbocycles. The van der Waals surface area contributed by atoms with E-state index in [1.54, 1.807) is 7.05 Å². The summed E-state index contributed by atoms with van der Waals surface area (Å²) in [7, 11) is -5.59. The maximum absolute atomic E-state index is 12.4. The van der Waals surface area contributed by atoms with Gasteiger partial charge in [-0.2, -0.15) is 0 Å². The van der Waals surface area contributed by atoms with Crippen LogP contribution in [0.5, 0.6) is 0 Å². The van der Waals surface area contributed by atoms with E-state index < -0.39 is 19.9 Å². The van der Waals surface area contributed by atoms with E-state index in [2.05, 4.69) is 10.0 Å². The molecule has 0 spiro atoms. The highest BCUT2D eigenvalue weighted by molar-refractivity contribution is 7.91. The van der Waals surface area contributed by atoms with Crippen molar-refractivity contribution in [3.05, 3.63) is 18.2 Å². The normalized spacial score (nSPS) is 16.5. The highest BCUT2D eigenvalue weighted by Gasteiger charge is 2.24. The molecule has 1 fully saturated rings. The van der Waals surface area contributed by atoms with Crippen LogP contribution in [0.3, 0.4) is 0 Å². The van der Waals surface area contributed by atoms with Gasteiger partial charge in [-0.05, 0) is 37.0 Å². The van der Waals surface area contributed by atoms with Gasteiger partial charge in [0.2, 0.25) is 10.0 Å². The zero-order valence-electron chi connectivity index (χ0n) is 12.1. The highest BCUT2D eigenvalue weighted by atomic mass is 32.2. The van der Waals surface area contributed by atoms with Crippen molar-refractivity contribution < 1.29 is 16.8 Å². The third-order valence-corrected chi connectivity index (χ3v) is 6.30. The summed E-state index contributed by atoms with van der Waals surface area (Å²) in [6.07, 6.45) is 4.26. The van der Waals surface area contributed by atoms with E-state index in [0.29, 0.717) is 18.2 Å². The Labute approximate surface area is 125 Å². The predicted octanol–water partition coefficient (Wildman–Crippen LogP) is 1.21. The molecule has 0 heterocycles. The Bertz CT molecular complexity index is 723. The first-order chi connectivity index (χ1) is 9.74. The Morgan fingerprint density at radius 1 is 1.19 bits per heavy atom. The van der Waals surface area contributed by atoms with Crippen LogP contribution >= 0.6 is 0 Å². The third-order valence-electron chi connectivity index (χ3n) is 3.73. The highest BCUT2D eigenvalue weighted by Crippen LogP contribution is 2.28. The lowest BCUT2D eigenvalue weighted by atomic mass is 9.86. The van der Waals surface area contributed by atoms with Crippen molar-refractivity contribution in [3.8, 4) is 0 Å². The lowest BCUT2D eigenvalue weighted by Crippen LogP contribution is -2.32. The van der Waals surface area contributed by atoms with Crippen LogP contribution in [0.2, 0.25) is 0 Å². The number of nitrogens with one attached hydrogen (secondary N) is 2. The van der Waals surface area contributed by atoms with Crippen molar-refractivity contribution >= 4 is 25.5 Å². The fraction of sp³-hybridized carbons (Fsp3) is 0.538. The molecule has 0 aromatic heterocycles. The molecule has 1 aliphatic rings. The molecule has 6 nitrogen and oxygen atoms in total. The Morgan fingerprint density at radius 3 is 2.33 bits per heavy atom. The van der Waals surface area contributed by atoms with Crippen molar-refractivity contribution in [1.82, 2.24) is 4.72 Å². The third kappa shape index (κ3) is 3.75. The molecule has 1 aromatic rings. The second-order valence-electron chi connectivity index (χ2n) is 5.33. The molecule has 1 aromatic carbocycles. The van der Waals surface area contributed by atoms with E-state index in [1.165, 1.54) is 18.2 Å². The minimum Gasteiger partial charge on any atom is -0.387 e. The van der Waals surface area contributed by atoms with Crippen LogP contribution in [0.25, 0.3) is 0 Å². The molecule has 0 aliphatic heterocycles. The minimum atomic E-state index is -3.73. The minimum absolute atomic E-state index is 0.00878. The monoisotopic (exact) mass is 332 g/mol. The van der Waals surface area contributed by atoms with Gasteiger partial charge in [0.25, 0.3) is 0 Å². The quantitative estimate of drug-likeness (QED) is 0.817. The maximum Gasteiger partial charge on any atom is 0.242 e. The topological polar surface area (TPSA) is 92.3 Å². The molecule has 0 unspecified atom stereocenters. The average molecular weight is 332 g/mol. The first-order valence-electron chi connectivity index (χ1n) is 6.75. The van der Waals surface area contributed by atoms with Gasteiger partial charge in [0.05, 0.1) is 10.6 Å². The van der Waals surface area contributed by atoms with Crippen molar-refractivity contribution in [2.24, 2.45) is 5.92 Å². The van der Waals surface area contributed by atoms with Crippen molar-refractivity contribution in [2.45, 2.75) is 29.1 Å². The Kier molecular flexibility index (Phi) is 4.60. The summed E-state index contributed by atoms with van der Waals surface area (Å²) in [6.45, 7) is 0.397. The number of hydrogen-bond acceptors (Lipinski definition) is 5. The Morgan fingerprint density at radius 2 is 1.86 bits per heavy atom. The molecular weight excluding hydrogens is 312 g/mol. The first-order valence-corrected chi connectivity index (χ1v) is 10.1. The molecule has 2 N–H and O–H groups in total. The molecule has 0 radical (unpaired) electrons. The van der Waals surface area contributed by atoms with Crippen molar-refractivity contribution in [1.29, 1.82) is 0 Å². The number of benzene rings is 1. The average Bonchev–Trinajstić information content (AvgIpc) is 2.34. The summed E-state index contributed by atoms with van der Waals surface area (Å²) in [5, 5.41) is 2.78. The number of rotatable bonds is 6. The zero-order chi connectivity index (χ0) is 15.7. The summed E-state index contributed by atoms with van der Waals surface area (Å²) in [4.78, 5) is -0.0437. The molecular formula is C13H20N2O4S2. The molecule has 0 bridgehead atoms. The largest absolute Gasteiger partial charge is 0.387 e. The predicted molar refractivity (Wildman–Crippen MR) is 81.6 cm³/mol. The van der Waals surface area contributed by atoms with Crippen LogP contribution in [-0.4, -0.2) is 36.7 Å². The number of sulfone groups is 1. The maximum atomic E-state index is 12.4. The molecule has 8 heteroatoms. The standard InChI is InChI=1S/C13H20N2O4S2/c1-14-12-7-6-11(20(2,16)17)8-13(12)21(18,19)15-9-10-4-3-5-10/h6-8,10,14-15H,3-5,9H2,1-2H3. The Balaban J connectivity index is 2.34. The van der Waals surface area contributed by atoms with E-state index in [4.69, 9.17) is 0 Å². The molecule has 0 amide bonds. The zero-order valence-corrected chi connectivity index (χ0v) is 13.7. The number of anilines is 1. The van der Waals surface area contributed by atoms with Gasteiger partial charge in [0.15, 0.2) is 9.84 Å². The summed E-state index contributed by atoms with van der Waals surface area (Å²) >= 11 is 0. The molecule has 118 valence electrons. The van der Waals surface area contributed by atoms with Gasteiger partial charge in [0.1, 0.15) is 4.90 Å². The fourth-order valence-corrected chi connectivity index (χ4v) is 4.24. The van der Waals surface area contributed by atoms with Gasteiger partial charge in [-0.1, -0.05) is 6.42 Å². The SMILES string of the molecule is CNc1ccc(S(C)(=O)=O)cc1S(=O)(=O)NCC1CCC1. The summed E-state index contributed by atoms with van der Waals surface area (Å²) in [5.41, 5.74) is 0.378. The lowest BCUT2D eigenvalue weighted by molar-refractivity contribution is 0.316. The van der Waals surface area contributed by atoms with Crippen LogP contribution in [-0.2, 0) is 19.9 Å². The van der Waals surface area contributed by atoms with Crippen molar-refractivity contribution in [2.75, 3.05) is 25.2 Å². The molecule has 0 saturated heterocycles. The van der Waals surface area contributed by atoms with Gasteiger partial charge >= 0.3 is 0 Å². The fourth-order valence-electron chi connectivity index (χ4n) is 2.16.